The number of hydrogen-bond acceptors (Lipinski definition) is 6. The molecule has 0 aliphatic carbocycles. The van der Waals surface area contributed by atoms with Crippen molar-refractivity contribution in [2.75, 3.05) is 7.11 Å². The van der Waals surface area contributed by atoms with Crippen molar-refractivity contribution in [3.05, 3.63) is 29.8 Å². The van der Waals surface area contributed by atoms with Gasteiger partial charge in [-0.15, -0.1) is 0 Å². The lowest BCUT2D eigenvalue weighted by molar-refractivity contribution is -0.141. The molecule has 1 aromatic carbocycles. The first-order chi connectivity index (χ1) is 13.2. The Morgan fingerprint density at radius 3 is 2.24 bits per heavy atom. The maximum absolute atomic E-state index is 12.3. The minimum Gasteiger partial charge on any atom is -0.469 e. The maximum atomic E-state index is 12.3. The molecule has 160 valence electrons. The highest BCUT2D eigenvalue weighted by Crippen LogP contribution is 2.36. The molecule has 1 fully saturated rings. The van der Waals surface area contributed by atoms with Crippen LogP contribution in [0, 0.1) is 0 Å². The summed E-state index contributed by atoms with van der Waals surface area (Å²) in [6, 6.07) is 6.83. The van der Waals surface area contributed by atoms with Crippen LogP contribution in [-0.2, 0) is 23.6 Å². The monoisotopic (exact) mass is 405 g/mol. The van der Waals surface area contributed by atoms with Crippen LogP contribution in [0.3, 0.4) is 0 Å². The van der Waals surface area contributed by atoms with Crippen LogP contribution in [0.15, 0.2) is 24.3 Å². The molecule has 1 atom stereocenters. The topological polar surface area (TPSA) is 83.1 Å². The molecule has 29 heavy (non-hydrogen) atoms. The predicted molar refractivity (Wildman–Crippen MR) is 111 cm³/mol. The Labute approximate surface area is 173 Å². The van der Waals surface area contributed by atoms with E-state index in [1.54, 1.807) is 20.8 Å². The average Bonchev–Trinajstić information content (AvgIpc) is 2.80. The van der Waals surface area contributed by atoms with Gasteiger partial charge in [-0.25, -0.2) is 4.79 Å². The van der Waals surface area contributed by atoms with Gasteiger partial charge >= 0.3 is 19.2 Å². The van der Waals surface area contributed by atoms with Crippen molar-refractivity contribution in [3.8, 4) is 0 Å². The molecule has 7 nitrogen and oxygen atoms in total. The van der Waals surface area contributed by atoms with Gasteiger partial charge in [0.25, 0.3) is 0 Å². The van der Waals surface area contributed by atoms with E-state index in [1.807, 2.05) is 52.0 Å². The molecule has 0 radical (unpaired) electrons. The first kappa shape index (κ1) is 23.2. The molecule has 1 aromatic rings. The quantitative estimate of drug-likeness (QED) is 0.599. The number of benzene rings is 1. The van der Waals surface area contributed by atoms with E-state index in [0.717, 1.165) is 11.0 Å². The van der Waals surface area contributed by atoms with Crippen LogP contribution in [0.1, 0.15) is 66.5 Å². The highest BCUT2D eigenvalue weighted by Gasteiger charge is 2.51. The van der Waals surface area contributed by atoms with Crippen molar-refractivity contribution in [2.24, 2.45) is 0 Å². The molecule has 2 rings (SSSR count). The van der Waals surface area contributed by atoms with Crippen molar-refractivity contribution >= 4 is 24.6 Å². The number of carbonyl (C=O) groups excluding carboxylic acids is 2. The van der Waals surface area contributed by atoms with Gasteiger partial charge in [0.1, 0.15) is 5.60 Å². The fourth-order valence-corrected chi connectivity index (χ4v) is 2.85. The normalized spacial score (nSPS) is 18.8. The van der Waals surface area contributed by atoms with Crippen molar-refractivity contribution < 1.29 is 28.4 Å². The third-order valence-corrected chi connectivity index (χ3v) is 5.13. The molecule has 0 saturated carbocycles. The van der Waals surface area contributed by atoms with Crippen molar-refractivity contribution in [1.82, 2.24) is 5.32 Å². The van der Waals surface area contributed by atoms with Crippen LogP contribution in [0.4, 0.5) is 4.79 Å². The average molecular weight is 405 g/mol. The molecule has 1 aliphatic heterocycles. The number of alkyl carbamates (subject to hydrolysis) is 1. The number of amides is 1. The molecular formula is C21H32BNO6. The Kier molecular flexibility index (Phi) is 6.70. The van der Waals surface area contributed by atoms with E-state index in [1.165, 1.54) is 7.11 Å². The maximum Gasteiger partial charge on any atom is 0.494 e. The Morgan fingerprint density at radius 1 is 1.14 bits per heavy atom. The molecule has 0 bridgehead atoms. The molecule has 1 aliphatic rings. The number of carbonyl (C=O) groups is 2. The highest BCUT2D eigenvalue weighted by molar-refractivity contribution is 6.62. The van der Waals surface area contributed by atoms with Gasteiger partial charge in [-0.1, -0.05) is 24.3 Å². The van der Waals surface area contributed by atoms with Gasteiger partial charge in [-0.2, -0.15) is 0 Å². The van der Waals surface area contributed by atoms with Crippen LogP contribution in [0.5, 0.6) is 0 Å². The first-order valence-corrected chi connectivity index (χ1v) is 9.76. The molecule has 8 heteroatoms. The SMILES string of the molecule is COC(=O)C[C@H](NC(=O)OC(C)(C)C)c1cccc(B2OC(C)(C)C(C)(C)O2)c1. The van der Waals surface area contributed by atoms with Crippen LogP contribution in [-0.4, -0.2) is 43.1 Å². The Bertz CT molecular complexity index is 740. The second-order valence-corrected chi connectivity index (χ2v) is 9.24. The van der Waals surface area contributed by atoms with Crippen LogP contribution in [0.25, 0.3) is 0 Å². The molecule has 1 N–H and O–H groups in total. The lowest BCUT2D eigenvalue weighted by Crippen LogP contribution is -2.41. The summed E-state index contributed by atoms with van der Waals surface area (Å²) in [6.07, 6.45) is -0.629. The summed E-state index contributed by atoms with van der Waals surface area (Å²) in [4.78, 5) is 24.2. The van der Waals surface area contributed by atoms with Crippen LogP contribution in [0.2, 0.25) is 0 Å². The van der Waals surface area contributed by atoms with E-state index in [4.69, 9.17) is 18.8 Å². The van der Waals surface area contributed by atoms with E-state index in [2.05, 4.69) is 5.32 Å². The van der Waals surface area contributed by atoms with E-state index in [0.29, 0.717) is 0 Å². The zero-order valence-electron chi connectivity index (χ0n) is 18.6. The van der Waals surface area contributed by atoms with Gasteiger partial charge in [0.15, 0.2) is 0 Å². The number of nitrogens with one attached hydrogen (secondary N) is 1. The van der Waals surface area contributed by atoms with Gasteiger partial charge in [-0.05, 0) is 59.5 Å². The second kappa shape index (κ2) is 8.36. The predicted octanol–water partition coefficient (Wildman–Crippen LogP) is 3.11. The van der Waals surface area contributed by atoms with Crippen molar-refractivity contribution in [2.45, 2.75) is 77.7 Å². The smallest absolute Gasteiger partial charge is 0.469 e. The van der Waals surface area contributed by atoms with Gasteiger partial charge < -0.3 is 24.1 Å². The summed E-state index contributed by atoms with van der Waals surface area (Å²) in [5.74, 6) is -0.438. The molecule has 0 spiro atoms. The lowest BCUT2D eigenvalue weighted by Gasteiger charge is -2.32. The molecular weight excluding hydrogens is 373 g/mol. The van der Waals surface area contributed by atoms with E-state index in [-0.39, 0.29) is 6.42 Å². The summed E-state index contributed by atoms with van der Waals surface area (Å²) in [7, 11) is 0.772. The highest BCUT2D eigenvalue weighted by atomic mass is 16.7. The molecule has 0 unspecified atom stereocenters. The van der Waals surface area contributed by atoms with E-state index in [9.17, 15) is 9.59 Å². The number of hydrogen-bond donors (Lipinski definition) is 1. The molecule has 1 amide bonds. The fraction of sp³-hybridized carbons (Fsp3) is 0.619. The zero-order valence-corrected chi connectivity index (χ0v) is 18.6. The summed E-state index contributed by atoms with van der Waals surface area (Å²) in [6.45, 7) is 13.3. The van der Waals surface area contributed by atoms with Gasteiger partial charge in [0, 0.05) is 0 Å². The Hall–Kier alpha value is -2.06. The summed E-state index contributed by atoms with van der Waals surface area (Å²) < 4.78 is 22.3. The molecule has 0 aromatic heterocycles. The van der Waals surface area contributed by atoms with E-state index < -0.39 is 42.0 Å². The number of methoxy groups -OCH3 is 1. The third kappa shape index (κ3) is 5.96. The van der Waals surface area contributed by atoms with Crippen molar-refractivity contribution in [1.29, 1.82) is 0 Å². The molecule has 1 saturated heterocycles. The minimum atomic E-state index is -0.648. The third-order valence-electron chi connectivity index (χ3n) is 5.13. The lowest BCUT2D eigenvalue weighted by atomic mass is 9.78. The first-order valence-electron chi connectivity index (χ1n) is 9.76. The van der Waals surface area contributed by atoms with Crippen molar-refractivity contribution in [3.63, 3.8) is 0 Å². The molecule has 1 heterocycles. The second-order valence-electron chi connectivity index (χ2n) is 9.24. The van der Waals surface area contributed by atoms with Crippen LogP contribution >= 0.6 is 0 Å². The standard InChI is InChI=1S/C21H32BNO6/c1-19(2,3)27-18(25)23-16(13-17(24)26-8)14-10-9-11-15(12-14)22-28-20(4,5)21(6,7)29-22/h9-12,16H,13H2,1-8H3,(H,23,25)/t16-/m0/s1. The summed E-state index contributed by atoms with van der Waals surface area (Å²) in [5.41, 5.74) is -0.0398. The largest absolute Gasteiger partial charge is 0.494 e. The Morgan fingerprint density at radius 2 is 1.72 bits per heavy atom. The Balaban J connectivity index is 2.26. The van der Waals surface area contributed by atoms with Gasteiger partial charge in [0.05, 0.1) is 30.8 Å². The zero-order chi connectivity index (χ0) is 22.0. The van der Waals surface area contributed by atoms with Gasteiger partial charge in [-0.3, -0.25) is 4.79 Å². The van der Waals surface area contributed by atoms with E-state index >= 15 is 0 Å². The minimum absolute atomic E-state index is 0.0252. The number of esters is 1. The fourth-order valence-electron chi connectivity index (χ4n) is 2.85. The van der Waals surface area contributed by atoms with Gasteiger partial charge in [0.2, 0.25) is 0 Å². The number of rotatable bonds is 5. The summed E-state index contributed by atoms with van der Waals surface area (Å²) >= 11 is 0. The van der Waals surface area contributed by atoms with Crippen LogP contribution < -0.4 is 10.8 Å². The number of ether oxygens (including phenoxy) is 2. The summed E-state index contributed by atoms with van der Waals surface area (Å²) in [5, 5.41) is 2.76.